The summed E-state index contributed by atoms with van der Waals surface area (Å²) in [5.41, 5.74) is 6.35. The quantitative estimate of drug-likeness (QED) is 0.826. The van der Waals surface area contributed by atoms with Crippen molar-refractivity contribution in [2.45, 2.75) is 13.0 Å². The number of hydrogen-bond acceptors (Lipinski definition) is 4. The lowest BCUT2D eigenvalue weighted by molar-refractivity contribution is 0.0964. The minimum Gasteiger partial charge on any atom is -0.321 e. The molecule has 0 bridgehead atoms. The largest absolute Gasteiger partial charge is 0.321 e. The average Bonchev–Trinajstić information content (AvgIpc) is 2.59. The number of nitrogens with zero attached hydrogens (tertiary/aromatic N) is 3. The summed E-state index contributed by atoms with van der Waals surface area (Å²) in [5.74, 6) is -0.210. The zero-order valence-corrected chi connectivity index (χ0v) is 9.60. The topological polar surface area (TPSA) is 73.3 Å². The molecule has 0 aliphatic heterocycles. The van der Waals surface area contributed by atoms with Crippen LogP contribution < -0.4 is 5.73 Å². The molecule has 0 amide bonds. The van der Waals surface area contributed by atoms with Crippen LogP contribution in [0.25, 0.3) is 5.65 Å². The van der Waals surface area contributed by atoms with Crippen molar-refractivity contribution in [3.63, 3.8) is 0 Å². The molecule has 2 rings (SSSR count). The fourth-order valence-corrected chi connectivity index (χ4v) is 1.67. The van der Waals surface area contributed by atoms with E-state index in [4.69, 9.17) is 5.73 Å². The van der Waals surface area contributed by atoms with Gasteiger partial charge in [0.1, 0.15) is 4.60 Å². The van der Waals surface area contributed by atoms with Gasteiger partial charge in [0.05, 0.1) is 12.2 Å². The van der Waals surface area contributed by atoms with Gasteiger partial charge in [0.25, 0.3) is 0 Å². The Bertz CT molecular complexity index is 520. The van der Waals surface area contributed by atoms with Crippen LogP contribution in [0.4, 0.5) is 0 Å². The van der Waals surface area contributed by atoms with E-state index in [0.717, 1.165) is 4.60 Å². The molecule has 6 heteroatoms. The van der Waals surface area contributed by atoms with Crippen molar-refractivity contribution in [2.75, 3.05) is 0 Å². The molecular weight excluding hydrogens is 260 g/mol. The third-order valence-corrected chi connectivity index (χ3v) is 2.62. The van der Waals surface area contributed by atoms with E-state index in [9.17, 15) is 4.79 Å². The summed E-state index contributed by atoms with van der Waals surface area (Å²) in [7, 11) is 0. The number of carbonyl (C=O) groups is 1. The van der Waals surface area contributed by atoms with E-state index in [1.54, 1.807) is 29.9 Å². The molecule has 2 aromatic heterocycles. The number of halogens is 1. The molecule has 78 valence electrons. The molecule has 15 heavy (non-hydrogen) atoms. The molecule has 2 heterocycles. The third-order valence-electron chi connectivity index (χ3n) is 2.03. The smallest absolute Gasteiger partial charge is 0.201 e. The Morgan fingerprint density at radius 2 is 2.33 bits per heavy atom. The Hall–Kier alpha value is -1.27. The minimum atomic E-state index is -0.570. The van der Waals surface area contributed by atoms with E-state index in [-0.39, 0.29) is 5.78 Å². The van der Waals surface area contributed by atoms with Gasteiger partial charge >= 0.3 is 0 Å². The van der Waals surface area contributed by atoms with Gasteiger partial charge in [0.15, 0.2) is 11.3 Å². The summed E-state index contributed by atoms with van der Waals surface area (Å²) in [6, 6.07) is -0.570. The van der Waals surface area contributed by atoms with E-state index in [1.807, 2.05) is 0 Å². The van der Waals surface area contributed by atoms with Crippen LogP contribution in [0.3, 0.4) is 0 Å². The maximum atomic E-state index is 11.7. The fraction of sp³-hybridized carbons (Fsp3) is 0.222. The second-order valence-corrected chi connectivity index (χ2v) is 4.02. The number of imidazole rings is 1. The first kappa shape index (κ1) is 10.3. The van der Waals surface area contributed by atoms with E-state index >= 15 is 0 Å². The van der Waals surface area contributed by atoms with E-state index in [1.165, 1.54) is 0 Å². The second kappa shape index (κ2) is 3.71. The average molecular weight is 269 g/mol. The Labute approximate surface area is 94.5 Å². The van der Waals surface area contributed by atoms with Gasteiger partial charge < -0.3 is 5.73 Å². The summed E-state index contributed by atoms with van der Waals surface area (Å²) in [5, 5.41) is 0. The predicted molar refractivity (Wildman–Crippen MR) is 58.7 cm³/mol. The SMILES string of the molecule is CC(N)C(=O)c1nccn2c(Br)cnc12. The molecule has 0 aliphatic rings. The monoisotopic (exact) mass is 268 g/mol. The van der Waals surface area contributed by atoms with Gasteiger partial charge in [-0.3, -0.25) is 9.20 Å². The molecule has 5 nitrogen and oxygen atoms in total. The van der Waals surface area contributed by atoms with Crippen LogP contribution >= 0.6 is 15.9 Å². The highest BCUT2D eigenvalue weighted by molar-refractivity contribution is 9.10. The summed E-state index contributed by atoms with van der Waals surface area (Å²) in [6.07, 6.45) is 4.90. The molecule has 2 N–H and O–H groups in total. The molecule has 0 saturated heterocycles. The zero-order chi connectivity index (χ0) is 11.0. The van der Waals surface area contributed by atoms with Gasteiger partial charge in [0, 0.05) is 12.4 Å². The summed E-state index contributed by atoms with van der Waals surface area (Å²) in [6.45, 7) is 1.63. The Morgan fingerprint density at radius 3 is 3.00 bits per heavy atom. The van der Waals surface area contributed by atoms with Gasteiger partial charge in [-0.05, 0) is 22.9 Å². The summed E-state index contributed by atoms with van der Waals surface area (Å²) < 4.78 is 2.52. The molecule has 0 aliphatic carbocycles. The van der Waals surface area contributed by atoms with Gasteiger partial charge in [-0.1, -0.05) is 0 Å². The number of fused-ring (bicyclic) bond motifs is 1. The number of carbonyl (C=O) groups excluding carboxylic acids is 1. The third kappa shape index (κ3) is 1.66. The van der Waals surface area contributed by atoms with Crippen molar-refractivity contribution in [1.82, 2.24) is 14.4 Å². The molecule has 0 saturated carbocycles. The Kier molecular flexibility index (Phi) is 2.54. The van der Waals surface area contributed by atoms with Crippen molar-refractivity contribution >= 4 is 27.4 Å². The Morgan fingerprint density at radius 1 is 1.60 bits per heavy atom. The van der Waals surface area contributed by atoms with Gasteiger partial charge in [-0.2, -0.15) is 0 Å². The summed E-state index contributed by atoms with van der Waals surface area (Å²) in [4.78, 5) is 19.8. The van der Waals surface area contributed by atoms with Gasteiger partial charge in [0.2, 0.25) is 5.78 Å². The van der Waals surface area contributed by atoms with Crippen LogP contribution in [-0.4, -0.2) is 26.2 Å². The highest BCUT2D eigenvalue weighted by Crippen LogP contribution is 2.15. The first-order chi connectivity index (χ1) is 7.11. The van der Waals surface area contributed by atoms with Crippen LogP contribution in [0.15, 0.2) is 23.2 Å². The van der Waals surface area contributed by atoms with Crippen LogP contribution in [0.2, 0.25) is 0 Å². The maximum absolute atomic E-state index is 11.7. The predicted octanol–water partition coefficient (Wildman–Crippen LogP) is 1.02. The van der Waals surface area contributed by atoms with E-state index in [2.05, 4.69) is 25.9 Å². The number of nitrogens with two attached hydrogens (primary N) is 1. The highest BCUT2D eigenvalue weighted by Gasteiger charge is 2.17. The molecular formula is C9H9BrN4O. The van der Waals surface area contributed by atoms with Crippen molar-refractivity contribution in [2.24, 2.45) is 5.73 Å². The zero-order valence-electron chi connectivity index (χ0n) is 8.01. The lowest BCUT2D eigenvalue weighted by Crippen LogP contribution is -2.28. The van der Waals surface area contributed by atoms with E-state index < -0.39 is 6.04 Å². The van der Waals surface area contributed by atoms with Crippen molar-refractivity contribution < 1.29 is 4.79 Å². The van der Waals surface area contributed by atoms with Crippen LogP contribution in [-0.2, 0) is 0 Å². The van der Waals surface area contributed by atoms with E-state index in [0.29, 0.717) is 11.3 Å². The van der Waals surface area contributed by atoms with Crippen LogP contribution in [0, 0.1) is 0 Å². The fourth-order valence-electron chi connectivity index (χ4n) is 1.28. The molecule has 0 radical (unpaired) electrons. The lowest BCUT2D eigenvalue weighted by atomic mass is 10.2. The molecule has 1 unspecified atom stereocenters. The van der Waals surface area contributed by atoms with Crippen molar-refractivity contribution in [3.05, 3.63) is 28.9 Å². The molecule has 1 atom stereocenters. The first-order valence-electron chi connectivity index (χ1n) is 4.38. The van der Waals surface area contributed by atoms with Gasteiger partial charge in [-0.25, -0.2) is 9.97 Å². The lowest BCUT2D eigenvalue weighted by Gasteiger charge is -2.04. The molecule has 0 spiro atoms. The highest BCUT2D eigenvalue weighted by atomic mass is 79.9. The maximum Gasteiger partial charge on any atom is 0.201 e. The Balaban J connectivity index is 2.66. The number of hydrogen-bond donors (Lipinski definition) is 1. The van der Waals surface area contributed by atoms with Crippen LogP contribution in [0.1, 0.15) is 17.4 Å². The number of aromatic nitrogens is 3. The first-order valence-corrected chi connectivity index (χ1v) is 5.18. The number of rotatable bonds is 2. The molecule has 0 fully saturated rings. The minimum absolute atomic E-state index is 0.210. The molecule has 2 aromatic rings. The normalized spacial score (nSPS) is 13.0. The number of ketones is 1. The summed E-state index contributed by atoms with van der Waals surface area (Å²) >= 11 is 3.32. The standard InChI is InChI=1S/C9H9BrN4O/c1-5(11)8(15)7-9-13-4-6(10)14(9)3-2-12-7/h2-5H,11H2,1H3. The van der Waals surface area contributed by atoms with Crippen molar-refractivity contribution in [3.8, 4) is 0 Å². The van der Waals surface area contributed by atoms with Crippen molar-refractivity contribution in [1.29, 1.82) is 0 Å². The second-order valence-electron chi connectivity index (χ2n) is 3.20. The molecule has 0 aromatic carbocycles. The number of Topliss-reactive ketones (excluding diaryl/α,β-unsaturated/α-hetero) is 1. The van der Waals surface area contributed by atoms with Gasteiger partial charge in [-0.15, -0.1) is 0 Å². The van der Waals surface area contributed by atoms with Crippen LogP contribution in [0.5, 0.6) is 0 Å².